The van der Waals surface area contributed by atoms with Crippen LogP contribution in [0.5, 0.6) is 5.75 Å². The number of carbonyl (C=O) groups is 1. The molecule has 1 aliphatic carbocycles. The van der Waals surface area contributed by atoms with Gasteiger partial charge in [-0.2, -0.15) is 4.58 Å². The van der Waals surface area contributed by atoms with Gasteiger partial charge in [-0.3, -0.25) is 4.79 Å². The van der Waals surface area contributed by atoms with Gasteiger partial charge >= 0.3 is 0 Å². The first kappa shape index (κ1) is 24.0. The molecule has 0 amide bonds. The molecule has 1 aliphatic heterocycles. The largest absolute Gasteiger partial charge is 0.506 e. The lowest BCUT2D eigenvalue weighted by Gasteiger charge is -2.23. The van der Waals surface area contributed by atoms with Gasteiger partial charge in [0.1, 0.15) is 18.1 Å². The standard InChI is InChI=1S/C33H30N2O3/c1-21-29(23-14-8-10-16-26(23)34(21)4)30-31(36)24(32(30)37)20-28-33(2,3)25-15-9-11-17-27(25)35(28)18-19-38-22-12-6-5-7-13-22/h5-17,20H,18-19H2,1-4H3/p+1. The Kier molecular flexibility index (Phi) is 5.60. The van der Waals surface area contributed by atoms with E-state index in [2.05, 4.69) is 35.1 Å². The molecule has 2 aliphatic rings. The van der Waals surface area contributed by atoms with Gasteiger partial charge in [-0.25, -0.2) is 0 Å². The molecule has 0 radical (unpaired) electrons. The zero-order chi connectivity index (χ0) is 26.6. The lowest BCUT2D eigenvalue weighted by Crippen LogP contribution is -2.31. The number of benzene rings is 3. The Balaban J connectivity index is 1.42. The van der Waals surface area contributed by atoms with E-state index in [1.165, 1.54) is 5.56 Å². The Morgan fingerprint density at radius 2 is 1.66 bits per heavy atom. The van der Waals surface area contributed by atoms with Crippen molar-refractivity contribution in [2.45, 2.75) is 26.2 Å². The predicted molar refractivity (Wildman–Crippen MR) is 151 cm³/mol. The Hall–Kier alpha value is -4.38. The topological polar surface area (TPSA) is 54.5 Å². The Morgan fingerprint density at radius 1 is 0.974 bits per heavy atom. The molecule has 2 heterocycles. The van der Waals surface area contributed by atoms with Crippen LogP contribution in [0.15, 0.2) is 96.3 Å². The maximum absolute atomic E-state index is 13.6. The van der Waals surface area contributed by atoms with Crippen LogP contribution in [-0.2, 0) is 17.3 Å². The normalized spacial score (nSPS) is 17.4. The molecule has 6 rings (SSSR count). The molecule has 0 unspecified atom stereocenters. The maximum Gasteiger partial charge on any atom is 0.209 e. The summed E-state index contributed by atoms with van der Waals surface area (Å²) in [5, 5.41) is 12.2. The molecule has 0 atom stereocenters. The van der Waals surface area contributed by atoms with E-state index in [9.17, 15) is 9.90 Å². The number of allylic oxidation sites excluding steroid dienone is 3. The van der Waals surface area contributed by atoms with Crippen molar-refractivity contribution in [2.75, 3.05) is 13.2 Å². The number of aromatic nitrogens is 1. The van der Waals surface area contributed by atoms with Crippen LogP contribution in [0.2, 0.25) is 0 Å². The number of carbonyl (C=O) groups excluding carboxylic acids is 1. The molecule has 5 heteroatoms. The van der Waals surface area contributed by atoms with Gasteiger partial charge in [0.25, 0.3) is 0 Å². The summed E-state index contributed by atoms with van der Waals surface area (Å²) < 4.78 is 10.3. The van der Waals surface area contributed by atoms with Crippen molar-refractivity contribution in [3.63, 3.8) is 0 Å². The first-order chi connectivity index (χ1) is 18.3. The third-order valence-corrected chi connectivity index (χ3v) is 8.02. The number of hydrogen-bond acceptors (Lipinski definition) is 3. The number of rotatable bonds is 6. The second-order valence-electron chi connectivity index (χ2n) is 10.5. The predicted octanol–water partition coefficient (Wildman–Crippen LogP) is 6.42. The van der Waals surface area contributed by atoms with Gasteiger partial charge in [-0.05, 0) is 39.0 Å². The van der Waals surface area contributed by atoms with Crippen LogP contribution in [0.4, 0.5) is 5.69 Å². The van der Waals surface area contributed by atoms with Gasteiger partial charge in [0.05, 0.1) is 16.6 Å². The molecule has 0 saturated heterocycles. The number of fused-ring (bicyclic) bond motifs is 2. The highest BCUT2D eigenvalue weighted by Gasteiger charge is 2.46. The van der Waals surface area contributed by atoms with Gasteiger partial charge in [0, 0.05) is 46.9 Å². The van der Waals surface area contributed by atoms with Gasteiger partial charge < -0.3 is 14.4 Å². The van der Waals surface area contributed by atoms with E-state index in [1.807, 2.05) is 86.8 Å². The van der Waals surface area contributed by atoms with Crippen LogP contribution >= 0.6 is 0 Å². The Morgan fingerprint density at radius 3 is 2.42 bits per heavy atom. The number of aliphatic hydroxyl groups excluding tert-OH is 1. The number of Topliss-reactive ketones (excluding diaryl/α,β-unsaturated/α-hetero) is 1. The van der Waals surface area contributed by atoms with Gasteiger partial charge in [-0.1, -0.05) is 54.6 Å². The lowest BCUT2D eigenvalue weighted by molar-refractivity contribution is -0.439. The van der Waals surface area contributed by atoms with Crippen LogP contribution < -0.4 is 4.74 Å². The number of para-hydroxylation sites is 3. The summed E-state index contributed by atoms with van der Waals surface area (Å²) in [7, 11) is 1.99. The molecule has 5 nitrogen and oxygen atoms in total. The number of hydrogen-bond donors (Lipinski definition) is 1. The first-order valence-corrected chi connectivity index (χ1v) is 13.0. The van der Waals surface area contributed by atoms with Crippen molar-refractivity contribution in [3.8, 4) is 5.75 Å². The fourth-order valence-electron chi connectivity index (χ4n) is 5.87. The molecule has 4 aromatic rings. The molecule has 1 N–H and O–H groups in total. The van der Waals surface area contributed by atoms with Crippen LogP contribution in [0, 0.1) is 6.92 Å². The van der Waals surface area contributed by atoms with Gasteiger partial charge in [-0.15, -0.1) is 0 Å². The van der Waals surface area contributed by atoms with Gasteiger partial charge in [0.2, 0.25) is 11.5 Å². The average Bonchev–Trinajstić information content (AvgIpc) is 3.30. The number of ketones is 1. The highest BCUT2D eigenvalue weighted by molar-refractivity contribution is 6.41. The van der Waals surface area contributed by atoms with Crippen molar-refractivity contribution in [3.05, 3.63) is 113 Å². The van der Waals surface area contributed by atoms with E-state index in [0.29, 0.717) is 24.3 Å². The number of aliphatic hydroxyl groups is 1. The fourth-order valence-corrected chi connectivity index (χ4v) is 5.87. The smallest absolute Gasteiger partial charge is 0.209 e. The minimum Gasteiger partial charge on any atom is -0.506 e. The van der Waals surface area contributed by atoms with E-state index in [-0.39, 0.29) is 17.0 Å². The summed E-state index contributed by atoms with van der Waals surface area (Å²) in [5.74, 6) is 0.764. The summed E-state index contributed by atoms with van der Waals surface area (Å²) in [4.78, 5) is 13.6. The Labute approximate surface area is 222 Å². The molecular weight excluding hydrogens is 472 g/mol. The molecule has 0 bridgehead atoms. The van der Waals surface area contributed by atoms with Crippen LogP contribution in [0.1, 0.15) is 30.7 Å². The molecule has 3 aromatic carbocycles. The van der Waals surface area contributed by atoms with Crippen molar-refractivity contribution in [1.29, 1.82) is 0 Å². The summed E-state index contributed by atoms with van der Waals surface area (Å²) >= 11 is 0. The monoisotopic (exact) mass is 503 g/mol. The van der Waals surface area contributed by atoms with Crippen molar-refractivity contribution >= 4 is 33.7 Å². The van der Waals surface area contributed by atoms with E-state index < -0.39 is 0 Å². The van der Waals surface area contributed by atoms with E-state index in [1.54, 1.807) is 0 Å². The zero-order valence-corrected chi connectivity index (χ0v) is 22.2. The van der Waals surface area contributed by atoms with Gasteiger partial charge in [0.15, 0.2) is 12.3 Å². The van der Waals surface area contributed by atoms with Crippen molar-refractivity contribution in [1.82, 2.24) is 4.57 Å². The minimum absolute atomic E-state index is 0.0641. The molecular formula is C33H31N2O3+. The number of aryl methyl sites for hydroxylation is 1. The summed E-state index contributed by atoms with van der Waals surface area (Å²) in [6.07, 6.45) is 1.88. The van der Waals surface area contributed by atoms with Crippen LogP contribution in [-0.4, -0.2) is 38.9 Å². The molecule has 190 valence electrons. The van der Waals surface area contributed by atoms with E-state index in [0.717, 1.165) is 39.3 Å². The van der Waals surface area contributed by atoms with E-state index in [4.69, 9.17) is 4.74 Å². The van der Waals surface area contributed by atoms with Crippen LogP contribution in [0.3, 0.4) is 0 Å². The Bertz CT molecular complexity index is 1700. The third-order valence-electron chi connectivity index (χ3n) is 8.02. The zero-order valence-electron chi connectivity index (χ0n) is 22.2. The van der Waals surface area contributed by atoms with Crippen molar-refractivity contribution in [2.24, 2.45) is 7.05 Å². The summed E-state index contributed by atoms with van der Waals surface area (Å²) in [6.45, 7) is 7.41. The molecule has 1 aromatic heterocycles. The molecule has 0 fully saturated rings. The SMILES string of the molecule is Cc1c(C2=C(O)/C(=C/C3=[N+](CCOc4ccccc4)c4ccccc4C3(C)C)C2=O)c2ccccc2n1C. The lowest BCUT2D eigenvalue weighted by atomic mass is 9.77. The van der Waals surface area contributed by atoms with Crippen LogP contribution in [0.25, 0.3) is 16.5 Å². The first-order valence-electron chi connectivity index (χ1n) is 13.0. The molecule has 0 saturated carbocycles. The molecule has 38 heavy (non-hydrogen) atoms. The quantitative estimate of drug-likeness (QED) is 0.244. The van der Waals surface area contributed by atoms with E-state index >= 15 is 0 Å². The minimum atomic E-state index is -0.345. The fraction of sp³-hybridized carbons (Fsp3) is 0.212. The number of ether oxygens (including phenoxy) is 1. The average molecular weight is 504 g/mol. The highest BCUT2D eigenvalue weighted by Crippen LogP contribution is 2.44. The maximum atomic E-state index is 13.6. The van der Waals surface area contributed by atoms with Crippen molar-refractivity contribution < 1.29 is 19.2 Å². The third kappa shape index (κ3) is 3.53. The second kappa shape index (κ2) is 8.88. The highest BCUT2D eigenvalue weighted by atomic mass is 16.5. The second-order valence-corrected chi connectivity index (χ2v) is 10.5. The summed E-state index contributed by atoms with van der Waals surface area (Å²) in [5.41, 5.74) is 6.48. The summed E-state index contributed by atoms with van der Waals surface area (Å²) in [6, 6.07) is 26.1. The molecule has 0 spiro atoms. The number of nitrogens with zero attached hydrogens (tertiary/aromatic N) is 2.